The monoisotopic (exact) mass is 245 g/mol. The molecule has 0 aromatic heterocycles. The fourth-order valence-electron chi connectivity index (χ4n) is 1.32. The third-order valence-electron chi connectivity index (χ3n) is 2.02. The van der Waals surface area contributed by atoms with Crippen LogP contribution in [0.4, 0.5) is 14.5 Å². The maximum Gasteiger partial charge on any atom is 0.387 e. The van der Waals surface area contributed by atoms with Crippen LogP contribution in [0.1, 0.15) is 23.7 Å². The van der Waals surface area contributed by atoms with Gasteiger partial charge in [0.25, 0.3) is 0 Å². The predicted molar refractivity (Wildman–Crippen MR) is 54.3 cm³/mol. The maximum absolute atomic E-state index is 12.0. The van der Waals surface area contributed by atoms with Gasteiger partial charge in [-0.3, -0.25) is 14.9 Å². The zero-order valence-electron chi connectivity index (χ0n) is 8.85. The summed E-state index contributed by atoms with van der Waals surface area (Å²) in [5.41, 5.74) is -0.949. The van der Waals surface area contributed by atoms with Gasteiger partial charge in [0, 0.05) is 6.42 Å². The molecule has 7 heteroatoms. The number of hydrogen-bond donors (Lipinski definition) is 0. The lowest BCUT2D eigenvalue weighted by Crippen LogP contribution is -2.08. The van der Waals surface area contributed by atoms with Gasteiger partial charge in [0.2, 0.25) is 5.75 Å². The zero-order valence-corrected chi connectivity index (χ0v) is 8.85. The number of carbonyl (C=O) groups excluding carboxylic acids is 1. The van der Waals surface area contributed by atoms with Gasteiger partial charge < -0.3 is 4.74 Å². The van der Waals surface area contributed by atoms with Crippen LogP contribution >= 0.6 is 0 Å². The van der Waals surface area contributed by atoms with E-state index in [1.165, 1.54) is 19.1 Å². The molecule has 0 aliphatic rings. The number of Topliss-reactive ketones (excluding diaryl/α,β-unsaturated/α-hetero) is 1. The average Bonchev–Trinajstić information content (AvgIpc) is 2.26. The van der Waals surface area contributed by atoms with Crippen molar-refractivity contribution < 1.29 is 23.2 Å². The van der Waals surface area contributed by atoms with E-state index in [0.29, 0.717) is 0 Å². The first-order valence-corrected chi connectivity index (χ1v) is 4.72. The molecule has 0 heterocycles. The molecular weight excluding hydrogens is 236 g/mol. The fourth-order valence-corrected chi connectivity index (χ4v) is 1.32. The van der Waals surface area contributed by atoms with E-state index in [2.05, 4.69) is 4.74 Å². The predicted octanol–water partition coefficient (Wildman–Crippen LogP) is 2.79. The van der Waals surface area contributed by atoms with Crippen LogP contribution in [0.25, 0.3) is 0 Å². The van der Waals surface area contributed by atoms with Gasteiger partial charge in [-0.05, 0) is 12.1 Å². The first-order chi connectivity index (χ1) is 7.97. The number of halogens is 2. The van der Waals surface area contributed by atoms with Gasteiger partial charge in [0.15, 0.2) is 5.78 Å². The summed E-state index contributed by atoms with van der Waals surface area (Å²) in [6.07, 6.45) is 0.0406. The Morgan fingerprint density at radius 3 is 2.65 bits per heavy atom. The summed E-state index contributed by atoms with van der Waals surface area (Å²) < 4.78 is 28.1. The lowest BCUT2D eigenvalue weighted by atomic mass is 10.1. The number of hydrogen-bond acceptors (Lipinski definition) is 4. The van der Waals surface area contributed by atoms with E-state index < -0.39 is 28.8 Å². The molecule has 0 aliphatic carbocycles. The highest BCUT2D eigenvalue weighted by Crippen LogP contribution is 2.32. The van der Waals surface area contributed by atoms with E-state index in [-0.39, 0.29) is 12.0 Å². The highest BCUT2D eigenvalue weighted by molar-refractivity contribution is 6.00. The minimum absolute atomic E-state index is 0.0406. The number of ether oxygens (including phenoxy) is 1. The number of nitro benzene ring substituents is 1. The van der Waals surface area contributed by atoms with Gasteiger partial charge in [-0.1, -0.05) is 13.0 Å². The highest BCUT2D eigenvalue weighted by atomic mass is 19.3. The molecule has 0 bridgehead atoms. The molecule has 0 saturated carbocycles. The molecule has 0 unspecified atom stereocenters. The molecule has 0 amide bonds. The molecule has 1 aromatic carbocycles. The third-order valence-corrected chi connectivity index (χ3v) is 2.02. The van der Waals surface area contributed by atoms with Crippen LogP contribution < -0.4 is 4.74 Å². The van der Waals surface area contributed by atoms with E-state index in [4.69, 9.17) is 0 Å². The Labute approximate surface area is 95.2 Å². The van der Waals surface area contributed by atoms with Crippen molar-refractivity contribution in [1.29, 1.82) is 0 Å². The fraction of sp³-hybridized carbons (Fsp3) is 0.300. The summed E-state index contributed by atoms with van der Waals surface area (Å²) in [4.78, 5) is 21.3. The SMILES string of the molecule is CCC(=O)c1cccc(OC(F)F)c1[N+](=O)[O-]. The quantitative estimate of drug-likeness (QED) is 0.454. The van der Waals surface area contributed by atoms with Gasteiger partial charge in [0.1, 0.15) is 0 Å². The zero-order chi connectivity index (χ0) is 13.0. The molecule has 0 spiro atoms. The Morgan fingerprint density at radius 1 is 1.53 bits per heavy atom. The molecule has 92 valence electrons. The second-order valence-electron chi connectivity index (χ2n) is 3.06. The average molecular weight is 245 g/mol. The van der Waals surface area contributed by atoms with E-state index in [1.54, 1.807) is 0 Å². The van der Waals surface area contributed by atoms with Crippen molar-refractivity contribution in [2.75, 3.05) is 0 Å². The molecule has 0 radical (unpaired) electrons. The summed E-state index contributed by atoms with van der Waals surface area (Å²) in [5.74, 6) is -1.11. The van der Waals surface area contributed by atoms with Crippen LogP contribution in [0, 0.1) is 10.1 Å². The number of rotatable bonds is 5. The largest absolute Gasteiger partial charge is 0.427 e. The van der Waals surface area contributed by atoms with Crippen molar-refractivity contribution >= 4 is 11.5 Å². The van der Waals surface area contributed by atoms with Gasteiger partial charge in [-0.2, -0.15) is 8.78 Å². The summed E-state index contributed by atoms with van der Waals surface area (Å²) in [7, 11) is 0. The second kappa shape index (κ2) is 5.33. The first kappa shape index (κ1) is 13.0. The Morgan fingerprint density at radius 2 is 2.18 bits per heavy atom. The van der Waals surface area contributed by atoms with E-state index in [0.717, 1.165) is 6.07 Å². The molecule has 0 fully saturated rings. The van der Waals surface area contributed by atoms with Crippen molar-refractivity contribution in [2.24, 2.45) is 0 Å². The molecule has 1 rings (SSSR count). The molecule has 17 heavy (non-hydrogen) atoms. The third kappa shape index (κ3) is 2.96. The number of nitrogens with zero attached hydrogens (tertiary/aromatic N) is 1. The molecule has 0 N–H and O–H groups in total. The van der Waals surface area contributed by atoms with Crippen LogP contribution in [0.5, 0.6) is 5.75 Å². The molecule has 5 nitrogen and oxygen atoms in total. The lowest BCUT2D eigenvalue weighted by molar-refractivity contribution is -0.386. The molecule has 0 atom stereocenters. The topological polar surface area (TPSA) is 69.4 Å². The standard InChI is InChI=1S/C10H9F2NO4/c1-2-7(14)6-4-3-5-8(17-10(11)12)9(6)13(15)16/h3-5,10H,2H2,1H3. The van der Waals surface area contributed by atoms with Crippen LogP contribution in [0.3, 0.4) is 0 Å². The number of benzene rings is 1. The Hall–Kier alpha value is -2.05. The first-order valence-electron chi connectivity index (χ1n) is 4.72. The normalized spacial score (nSPS) is 10.4. The number of ketones is 1. The minimum Gasteiger partial charge on any atom is -0.427 e. The highest BCUT2D eigenvalue weighted by Gasteiger charge is 2.26. The molecular formula is C10H9F2NO4. The summed E-state index contributed by atoms with van der Waals surface area (Å²) in [6, 6.07) is 3.49. The Balaban J connectivity index is 3.32. The molecule has 0 aliphatic heterocycles. The summed E-state index contributed by atoms with van der Waals surface area (Å²) in [5, 5.41) is 10.8. The van der Waals surface area contributed by atoms with Crippen LogP contribution in [0.2, 0.25) is 0 Å². The van der Waals surface area contributed by atoms with Crippen molar-refractivity contribution in [3.8, 4) is 5.75 Å². The Bertz CT molecular complexity index is 448. The van der Waals surface area contributed by atoms with Crippen LogP contribution in [0.15, 0.2) is 18.2 Å². The number of carbonyl (C=O) groups is 1. The second-order valence-corrected chi connectivity index (χ2v) is 3.06. The van der Waals surface area contributed by atoms with Gasteiger partial charge in [-0.15, -0.1) is 0 Å². The smallest absolute Gasteiger partial charge is 0.387 e. The van der Waals surface area contributed by atoms with Gasteiger partial charge >= 0.3 is 12.3 Å². The van der Waals surface area contributed by atoms with Crippen molar-refractivity contribution in [3.05, 3.63) is 33.9 Å². The van der Waals surface area contributed by atoms with Gasteiger partial charge in [0.05, 0.1) is 10.5 Å². The number of alkyl halides is 2. The van der Waals surface area contributed by atoms with Crippen molar-refractivity contribution in [3.63, 3.8) is 0 Å². The Kier molecular flexibility index (Phi) is 4.08. The van der Waals surface area contributed by atoms with E-state index in [1.807, 2.05) is 0 Å². The maximum atomic E-state index is 12.0. The van der Waals surface area contributed by atoms with E-state index >= 15 is 0 Å². The number of nitro groups is 1. The van der Waals surface area contributed by atoms with Gasteiger partial charge in [-0.25, -0.2) is 0 Å². The lowest BCUT2D eigenvalue weighted by Gasteiger charge is -2.07. The summed E-state index contributed by atoms with van der Waals surface area (Å²) >= 11 is 0. The molecule has 1 aromatic rings. The van der Waals surface area contributed by atoms with Crippen molar-refractivity contribution in [2.45, 2.75) is 20.0 Å². The molecule has 0 saturated heterocycles. The van der Waals surface area contributed by atoms with Crippen LogP contribution in [-0.2, 0) is 0 Å². The van der Waals surface area contributed by atoms with Crippen molar-refractivity contribution in [1.82, 2.24) is 0 Å². The van der Waals surface area contributed by atoms with E-state index in [9.17, 15) is 23.7 Å². The minimum atomic E-state index is -3.18. The summed E-state index contributed by atoms with van der Waals surface area (Å²) in [6.45, 7) is -1.66. The number of para-hydroxylation sites is 1. The van der Waals surface area contributed by atoms with Crippen LogP contribution in [-0.4, -0.2) is 17.3 Å².